The first-order valence-electron chi connectivity index (χ1n) is 5.75. The second-order valence-electron chi connectivity index (χ2n) is 4.54. The van der Waals surface area contributed by atoms with Crippen LogP contribution in [0, 0.1) is 12.7 Å². The van der Waals surface area contributed by atoms with Crippen molar-refractivity contribution in [2.45, 2.75) is 24.8 Å². The van der Waals surface area contributed by atoms with E-state index in [4.69, 9.17) is 5.11 Å². The van der Waals surface area contributed by atoms with Crippen molar-refractivity contribution in [3.8, 4) is 0 Å². The minimum atomic E-state index is -3.99. The summed E-state index contributed by atoms with van der Waals surface area (Å²) < 4.78 is 38.9. The van der Waals surface area contributed by atoms with Gasteiger partial charge in [0, 0.05) is 13.6 Å². The Morgan fingerprint density at radius 2 is 2.00 bits per heavy atom. The molecule has 1 rings (SSSR count). The molecule has 1 atom stereocenters. The largest absolute Gasteiger partial charge is 0.478 e. The molecule has 0 saturated carbocycles. The highest BCUT2D eigenvalue weighted by molar-refractivity contribution is 7.89. The fourth-order valence-corrected chi connectivity index (χ4v) is 3.06. The van der Waals surface area contributed by atoms with E-state index >= 15 is 0 Å². The normalized spacial score (nSPS) is 13.5. The van der Waals surface area contributed by atoms with Gasteiger partial charge >= 0.3 is 5.97 Å². The van der Waals surface area contributed by atoms with E-state index < -0.39 is 33.5 Å². The number of hydrogen-bond acceptors (Lipinski definition) is 4. The molecule has 0 aliphatic rings. The maximum Gasteiger partial charge on any atom is 0.338 e. The van der Waals surface area contributed by atoms with Crippen molar-refractivity contribution >= 4 is 16.0 Å². The molecule has 0 fully saturated rings. The Morgan fingerprint density at radius 1 is 1.45 bits per heavy atom. The highest BCUT2D eigenvalue weighted by atomic mass is 32.2. The van der Waals surface area contributed by atoms with E-state index in [1.807, 2.05) is 0 Å². The van der Waals surface area contributed by atoms with Crippen LogP contribution in [-0.2, 0) is 10.0 Å². The van der Waals surface area contributed by atoms with Crippen LogP contribution in [0.4, 0.5) is 4.39 Å². The number of aliphatic hydroxyl groups is 1. The average Bonchev–Trinajstić information content (AvgIpc) is 2.30. The zero-order valence-corrected chi connectivity index (χ0v) is 12.1. The zero-order valence-electron chi connectivity index (χ0n) is 11.3. The minimum absolute atomic E-state index is 0.0751. The molecule has 112 valence electrons. The number of halogens is 1. The SMILES string of the molecule is Cc1cc(S(=O)(=O)N(C)CC(C)O)cc(C(=O)O)c1F. The molecule has 0 aromatic heterocycles. The Labute approximate surface area is 116 Å². The molecule has 0 heterocycles. The number of aliphatic hydroxyl groups excluding tert-OH is 1. The number of carboxylic acid groups (broad SMARTS) is 1. The van der Waals surface area contributed by atoms with Gasteiger partial charge < -0.3 is 10.2 Å². The van der Waals surface area contributed by atoms with Gasteiger partial charge in [-0.05, 0) is 31.5 Å². The number of carboxylic acids is 1. The summed E-state index contributed by atoms with van der Waals surface area (Å²) in [4.78, 5) is 10.6. The molecule has 20 heavy (non-hydrogen) atoms. The fourth-order valence-electron chi connectivity index (χ4n) is 1.69. The van der Waals surface area contributed by atoms with Gasteiger partial charge in [-0.15, -0.1) is 0 Å². The Balaban J connectivity index is 3.36. The van der Waals surface area contributed by atoms with Crippen molar-refractivity contribution in [2.75, 3.05) is 13.6 Å². The Bertz CT molecular complexity index is 627. The van der Waals surface area contributed by atoms with Crippen molar-refractivity contribution in [1.29, 1.82) is 0 Å². The van der Waals surface area contributed by atoms with Crippen LogP contribution in [0.25, 0.3) is 0 Å². The summed E-state index contributed by atoms with van der Waals surface area (Å²) in [6.07, 6.45) is -0.879. The van der Waals surface area contributed by atoms with Gasteiger partial charge in [0.1, 0.15) is 5.82 Å². The lowest BCUT2D eigenvalue weighted by Gasteiger charge is -2.19. The molecule has 1 unspecified atom stereocenters. The number of aryl methyl sites for hydroxylation is 1. The molecule has 0 amide bonds. The number of likely N-dealkylation sites (N-methyl/N-ethyl adjacent to an activating group) is 1. The van der Waals surface area contributed by atoms with E-state index in [0.717, 1.165) is 16.4 Å². The number of rotatable bonds is 5. The maximum atomic E-state index is 13.6. The summed E-state index contributed by atoms with van der Waals surface area (Å²) in [6, 6.07) is 1.84. The van der Waals surface area contributed by atoms with Crippen LogP contribution in [0.5, 0.6) is 0 Å². The van der Waals surface area contributed by atoms with Crippen LogP contribution < -0.4 is 0 Å². The molecule has 0 radical (unpaired) electrons. The van der Waals surface area contributed by atoms with Crippen molar-refractivity contribution in [3.63, 3.8) is 0 Å². The molecule has 6 nitrogen and oxygen atoms in total. The predicted octanol–water partition coefficient (Wildman–Crippen LogP) is 0.834. The van der Waals surface area contributed by atoms with E-state index in [2.05, 4.69) is 0 Å². The molecule has 1 aromatic carbocycles. The van der Waals surface area contributed by atoms with Crippen LogP contribution >= 0.6 is 0 Å². The van der Waals surface area contributed by atoms with Gasteiger partial charge in [0.25, 0.3) is 0 Å². The van der Waals surface area contributed by atoms with E-state index in [1.54, 1.807) is 0 Å². The van der Waals surface area contributed by atoms with E-state index in [0.29, 0.717) is 0 Å². The van der Waals surface area contributed by atoms with E-state index in [-0.39, 0.29) is 17.0 Å². The van der Waals surface area contributed by atoms with Gasteiger partial charge in [-0.25, -0.2) is 17.6 Å². The molecule has 0 saturated heterocycles. The van der Waals surface area contributed by atoms with Crippen molar-refractivity contribution in [2.24, 2.45) is 0 Å². The average molecular weight is 305 g/mol. The highest BCUT2D eigenvalue weighted by Crippen LogP contribution is 2.22. The number of aromatic carboxylic acids is 1. The Kier molecular flexibility index (Phi) is 4.85. The standard InChI is InChI=1S/C12H16FNO5S/c1-7-4-9(5-10(11(7)13)12(16)17)20(18,19)14(3)6-8(2)15/h4-5,8,15H,6H2,1-3H3,(H,16,17). The molecule has 0 bridgehead atoms. The highest BCUT2D eigenvalue weighted by Gasteiger charge is 2.25. The lowest BCUT2D eigenvalue weighted by Crippen LogP contribution is -2.33. The van der Waals surface area contributed by atoms with Gasteiger partial charge in [-0.2, -0.15) is 4.31 Å². The van der Waals surface area contributed by atoms with Crippen molar-refractivity contribution in [3.05, 3.63) is 29.1 Å². The monoisotopic (exact) mass is 305 g/mol. The van der Waals surface area contributed by atoms with Gasteiger partial charge in [0.2, 0.25) is 10.0 Å². The second kappa shape index (κ2) is 5.86. The van der Waals surface area contributed by atoms with Crippen molar-refractivity contribution < 1.29 is 27.8 Å². The van der Waals surface area contributed by atoms with Gasteiger partial charge in [-0.3, -0.25) is 0 Å². The summed E-state index contributed by atoms with van der Waals surface area (Å²) in [5.41, 5.74) is -0.775. The number of sulfonamides is 1. The Morgan fingerprint density at radius 3 is 2.45 bits per heavy atom. The minimum Gasteiger partial charge on any atom is -0.478 e. The van der Waals surface area contributed by atoms with Crippen LogP contribution in [0.2, 0.25) is 0 Å². The number of carbonyl (C=O) groups is 1. The summed E-state index contributed by atoms with van der Waals surface area (Å²) >= 11 is 0. The third-order valence-electron chi connectivity index (χ3n) is 2.69. The molecule has 0 spiro atoms. The molecule has 0 aliphatic heterocycles. The molecule has 1 aromatic rings. The quantitative estimate of drug-likeness (QED) is 0.840. The van der Waals surface area contributed by atoms with Crippen molar-refractivity contribution in [1.82, 2.24) is 4.31 Å². The van der Waals surface area contributed by atoms with Crippen LogP contribution in [0.1, 0.15) is 22.8 Å². The third-order valence-corrected chi connectivity index (χ3v) is 4.49. The van der Waals surface area contributed by atoms with Gasteiger partial charge in [0.15, 0.2) is 0 Å². The Hall–Kier alpha value is -1.51. The first-order valence-corrected chi connectivity index (χ1v) is 7.19. The smallest absolute Gasteiger partial charge is 0.338 e. The van der Waals surface area contributed by atoms with Crippen LogP contribution in [0.15, 0.2) is 17.0 Å². The zero-order chi connectivity index (χ0) is 15.7. The summed E-state index contributed by atoms with van der Waals surface area (Å²) in [5, 5.41) is 18.1. The van der Waals surface area contributed by atoms with Gasteiger partial charge in [-0.1, -0.05) is 0 Å². The molecular weight excluding hydrogens is 289 g/mol. The molecule has 0 aliphatic carbocycles. The fraction of sp³-hybridized carbons (Fsp3) is 0.417. The van der Waals surface area contributed by atoms with E-state index in [9.17, 15) is 22.7 Å². The number of nitrogens with zero attached hydrogens (tertiary/aromatic N) is 1. The summed E-state index contributed by atoms with van der Waals surface area (Å²) in [6.45, 7) is 2.56. The molecule has 2 N–H and O–H groups in total. The maximum absolute atomic E-state index is 13.6. The molecular formula is C12H16FNO5S. The lowest BCUT2D eigenvalue weighted by atomic mass is 10.1. The predicted molar refractivity (Wildman–Crippen MR) is 69.6 cm³/mol. The van der Waals surface area contributed by atoms with E-state index in [1.165, 1.54) is 20.9 Å². The number of hydrogen-bond donors (Lipinski definition) is 2. The first-order chi connectivity index (χ1) is 9.07. The lowest BCUT2D eigenvalue weighted by molar-refractivity contribution is 0.0691. The van der Waals surface area contributed by atoms with Gasteiger partial charge in [0.05, 0.1) is 16.6 Å². The first kappa shape index (κ1) is 16.5. The number of benzene rings is 1. The summed E-state index contributed by atoms with van der Waals surface area (Å²) in [7, 11) is -2.73. The summed E-state index contributed by atoms with van der Waals surface area (Å²) in [5.74, 6) is -2.50. The van der Waals surface area contributed by atoms with Crippen LogP contribution in [-0.4, -0.2) is 48.6 Å². The second-order valence-corrected chi connectivity index (χ2v) is 6.59. The van der Waals surface area contributed by atoms with Crippen LogP contribution in [0.3, 0.4) is 0 Å². The topological polar surface area (TPSA) is 94.9 Å². The molecule has 8 heteroatoms. The third kappa shape index (κ3) is 3.33.